The summed E-state index contributed by atoms with van der Waals surface area (Å²) in [6.07, 6.45) is 12.2. The predicted molar refractivity (Wildman–Crippen MR) is 173 cm³/mol. The Labute approximate surface area is 252 Å². The molecule has 2 heterocycles. The largest absolute Gasteiger partial charge is 0.289 e. The maximum atomic E-state index is 13.7. The van der Waals surface area contributed by atoms with Crippen LogP contribution in [0.2, 0.25) is 0 Å². The molecule has 0 atom stereocenters. The molecule has 4 aromatic rings. The Morgan fingerprint density at radius 3 is 1.45 bits per heavy atom. The molecule has 0 bridgehead atoms. The van der Waals surface area contributed by atoms with Crippen molar-refractivity contribution in [3.05, 3.63) is 78.4 Å². The number of hydrogen-bond acceptors (Lipinski definition) is 3. The molecular weight excluding hydrogens is 636 g/mol. The first-order valence-electron chi connectivity index (χ1n) is 13.9. The van der Waals surface area contributed by atoms with Gasteiger partial charge in [-0.3, -0.25) is 4.79 Å². The lowest BCUT2D eigenvalue weighted by Gasteiger charge is -2.07. The quantitative estimate of drug-likeness (QED) is 0.121. The monoisotopic (exact) mass is 668 g/mol. The zero-order valence-corrected chi connectivity index (χ0v) is 27.0. The molecule has 2 aromatic carbocycles. The number of halogens is 2. The molecule has 1 nitrogen and oxygen atoms in total. The molecule has 5 rings (SSSR count). The molecule has 38 heavy (non-hydrogen) atoms. The Morgan fingerprint density at radius 2 is 1.03 bits per heavy atom. The van der Waals surface area contributed by atoms with Gasteiger partial charge in [-0.2, -0.15) is 0 Å². The van der Waals surface area contributed by atoms with Crippen LogP contribution in [0.4, 0.5) is 0 Å². The van der Waals surface area contributed by atoms with Crippen molar-refractivity contribution in [1.29, 1.82) is 0 Å². The van der Waals surface area contributed by atoms with E-state index in [-0.39, 0.29) is 5.78 Å². The summed E-state index contributed by atoms with van der Waals surface area (Å²) in [6.45, 7) is 4.50. The topological polar surface area (TPSA) is 17.1 Å². The second-order valence-electron chi connectivity index (χ2n) is 10.3. The molecule has 0 radical (unpaired) electrons. The van der Waals surface area contributed by atoms with Crippen LogP contribution in [0, 0.1) is 0 Å². The SMILES string of the molecule is CCCCCCc1cc(Br)sc1-c1ccc2c(c1)C(=O)c1cc(-c3sc(Br)cc3CCCCCC)ccc1-2. The summed E-state index contributed by atoms with van der Waals surface area (Å²) in [5.41, 5.74) is 8.88. The Balaban J connectivity index is 1.42. The molecule has 0 N–H and O–H groups in total. The van der Waals surface area contributed by atoms with E-state index in [4.69, 9.17) is 0 Å². The van der Waals surface area contributed by atoms with Crippen LogP contribution in [0.15, 0.2) is 56.1 Å². The highest BCUT2D eigenvalue weighted by Gasteiger charge is 2.28. The number of carbonyl (C=O) groups is 1. The number of hydrogen-bond donors (Lipinski definition) is 0. The molecule has 0 unspecified atom stereocenters. The average molecular weight is 671 g/mol. The molecule has 0 saturated carbocycles. The Kier molecular flexibility index (Phi) is 9.41. The molecule has 0 aliphatic heterocycles. The van der Waals surface area contributed by atoms with Gasteiger partial charge in [-0.1, -0.05) is 76.6 Å². The van der Waals surface area contributed by atoms with Gasteiger partial charge in [0, 0.05) is 20.9 Å². The lowest BCUT2D eigenvalue weighted by Crippen LogP contribution is -1.96. The van der Waals surface area contributed by atoms with Crippen LogP contribution in [-0.4, -0.2) is 5.78 Å². The van der Waals surface area contributed by atoms with Gasteiger partial charge in [0.05, 0.1) is 7.57 Å². The molecule has 198 valence electrons. The third-order valence-electron chi connectivity index (χ3n) is 7.50. The van der Waals surface area contributed by atoms with Crippen molar-refractivity contribution in [3.63, 3.8) is 0 Å². The van der Waals surface area contributed by atoms with E-state index in [1.54, 1.807) is 22.7 Å². The lowest BCUT2D eigenvalue weighted by molar-refractivity contribution is 0.104. The molecule has 1 aliphatic carbocycles. The fraction of sp³-hybridized carbons (Fsp3) is 0.364. The molecule has 0 spiro atoms. The van der Waals surface area contributed by atoms with Gasteiger partial charge in [0.1, 0.15) is 0 Å². The molecule has 5 heteroatoms. The standard InChI is InChI=1S/C33H34Br2OS2/c1-3-5-7-9-11-21-19-29(34)37-32(21)23-13-15-25-26-16-14-24(18-28(26)31(36)27(25)17-23)33-22(20-30(35)38-33)12-10-8-6-4-2/h13-20H,3-12H2,1-2H3. The van der Waals surface area contributed by atoms with Gasteiger partial charge in [0.25, 0.3) is 0 Å². The summed E-state index contributed by atoms with van der Waals surface area (Å²) in [4.78, 5) is 16.3. The minimum absolute atomic E-state index is 0.152. The molecule has 0 saturated heterocycles. The number of rotatable bonds is 12. The minimum atomic E-state index is 0.152. The summed E-state index contributed by atoms with van der Waals surface area (Å²) in [6, 6.07) is 17.5. The second-order valence-corrected chi connectivity index (χ2v) is 15.1. The summed E-state index contributed by atoms with van der Waals surface area (Å²) >= 11 is 11.0. The van der Waals surface area contributed by atoms with Crippen LogP contribution < -0.4 is 0 Å². The number of aryl methyl sites for hydroxylation is 2. The number of unbranched alkanes of at least 4 members (excludes halogenated alkanes) is 6. The third-order valence-corrected chi connectivity index (χ3v) is 11.0. The maximum Gasteiger partial charge on any atom is 0.194 e. The van der Waals surface area contributed by atoms with E-state index >= 15 is 0 Å². The van der Waals surface area contributed by atoms with E-state index in [0.29, 0.717) is 0 Å². The van der Waals surface area contributed by atoms with E-state index in [1.807, 2.05) is 0 Å². The van der Waals surface area contributed by atoms with Crippen molar-refractivity contribution in [2.75, 3.05) is 0 Å². The highest BCUT2D eigenvalue weighted by molar-refractivity contribution is 9.11. The van der Waals surface area contributed by atoms with E-state index in [0.717, 1.165) is 53.8 Å². The van der Waals surface area contributed by atoms with Gasteiger partial charge in [-0.25, -0.2) is 0 Å². The average Bonchev–Trinajstić information content (AvgIpc) is 3.57. The van der Waals surface area contributed by atoms with Crippen molar-refractivity contribution in [2.24, 2.45) is 0 Å². The highest BCUT2D eigenvalue weighted by Crippen LogP contribution is 2.44. The normalized spacial score (nSPS) is 12.3. The zero-order valence-electron chi connectivity index (χ0n) is 22.2. The molecule has 0 amide bonds. The van der Waals surface area contributed by atoms with Crippen LogP contribution >= 0.6 is 54.5 Å². The lowest BCUT2D eigenvalue weighted by atomic mass is 9.98. The smallest absolute Gasteiger partial charge is 0.194 e. The Bertz CT molecular complexity index is 1340. The second kappa shape index (κ2) is 12.8. The summed E-state index contributed by atoms with van der Waals surface area (Å²) < 4.78 is 2.32. The number of ketones is 1. The van der Waals surface area contributed by atoms with Crippen LogP contribution in [0.5, 0.6) is 0 Å². The fourth-order valence-corrected chi connectivity index (χ4v) is 8.89. The highest BCUT2D eigenvalue weighted by atomic mass is 79.9. The first-order valence-corrected chi connectivity index (χ1v) is 17.1. The van der Waals surface area contributed by atoms with Gasteiger partial charge in [-0.15, -0.1) is 22.7 Å². The summed E-state index contributed by atoms with van der Waals surface area (Å²) in [5.74, 6) is 0.152. The maximum absolute atomic E-state index is 13.7. The van der Waals surface area contributed by atoms with Gasteiger partial charge < -0.3 is 0 Å². The Morgan fingerprint density at radius 1 is 0.579 bits per heavy atom. The van der Waals surface area contributed by atoms with Crippen molar-refractivity contribution < 1.29 is 4.79 Å². The van der Waals surface area contributed by atoms with Gasteiger partial charge in [-0.05, 0) is 115 Å². The molecule has 0 fully saturated rings. The zero-order chi connectivity index (χ0) is 26.6. The van der Waals surface area contributed by atoms with Crippen LogP contribution in [-0.2, 0) is 12.8 Å². The van der Waals surface area contributed by atoms with Crippen molar-refractivity contribution in [3.8, 4) is 32.0 Å². The predicted octanol–water partition coefficient (Wildman–Crippen LogP) is 12.1. The van der Waals surface area contributed by atoms with E-state index in [9.17, 15) is 4.79 Å². The van der Waals surface area contributed by atoms with Crippen molar-refractivity contribution in [1.82, 2.24) is 0 Å². The van der Waals surface area contributed by atoms with Crippen LogP contribution in [0.25, 0.3) is 32.0 Å². The third kappa shape index (κ3) is 5.96. The van der Waals surface area contributed by atoms with Gasteiger partial charge >= 0.3 is 0 Å². The number of carbonyl (C=O) groups excluding carboxylic acids is 1. The molecule has 1 aliphatic rings. The Hall–Kier alpha value is -1.53. The van der Waals surface area contributed by atoms with E-state index in [2.05, 4.69) is 94.2 Å². The molecular formula is C33H34Br2OS2. The van der Waals surface area contributed by atoms with Crippen molar-refractivity contribution in [2.45, 2.75) is 78.1 Å². The number of benzene rings is 2. The van der Waals surface area contributed by atoms with Crippen LogP contribution in [0.3, 0.4) is 0 Å². The first-order chi connectivity index (χ1) is 18.5. The summed E-state index contributed by atoms with van der Waals surface area (Å²) in [7, 11) is 0. The first kappa shape index (κ1) is 28.0. The van der Waals surface area contributed by atoms with E-state index < -0.39 is 0 Å². The fourth-order valence-electron chi connectivity index (χ4n) is 5.50. The van der Waals surface area contributed by atoms with Crippen LogP contribution in [0.1, 0.15) is 92.3 Å². The summed E-state index contributed by atoms with van der Waals surface area (Å²) in [5, 5.41) is 0. The minimum Gasteiger partial charge on any atom is -0.289 e. The van der Waals surface area contributed by atoms with E-state index in [1.165, 1.54) is 72.2 Å². The number of thiophene rings is 2. The number of fused-ring (bicyclic) bond motifs is 3. The van der Waals surface area contributed by atoms with Crippen molar-refractivity contribution >= 4 is 60.3 Å². The van der Waals surface area contributed by atoms with Gasteiger partial charge in [0.2, 0.25) is 0 Å². The van der Waals surface area contributed by atoms with Gasteiger partial charge in [0.15, 0.2) is 5.78 Å². The molecule has 2 aromatic heterocycles.